The summed E-state index contributed by atoms with van der Waals surface area (Å²) >= 11 is 0. The Bertz CT molecular complexity index is 565. The predicted octanol–water partition coefficient (Wildman–Crippen LogP) is 1.95. The van der Waals surface area contributed by atoms with Gasteiger partial charge in [-0.05, 0) is 31.0 Å². The molecule has 1 unspecified atom stereocenters. The van der Waals surface area contributed by atoms with Crippen LogP contribution in [0.3, 0.4) is 0 Å². The molecule has 2 aromatic rings. The first-order chi connectivity index (χ1) is 8.65. The quantitative estimate of drug-likeness (QED) is 0.868. The van der Waals surface area contributed by atoms with E-state index in [1.54, 1.807) is 12.1 Å². The second-order valence-corrected chi connectivity index (χ2v) is 4.14. The van der Waals surface area contributed by atoms with Crippen molar-refractivity contribution in [1.82, 2.24) is 9.97 Å². The number of aromatic nitrogens is 2. The fraction of sp³-hybridized carbons (Fsp3) is 0.231. The van der Waals surface area contributed by atoms with Crippen molar-refractivity contribution in [3.05, 3.63) is 58.4 Å². The topological polar surface area (TPSA) is 57.8 Å². The van der Waals surface area contributed by atoms with Gasteiger partial charge in [0.25, 0.3) is 5.56 Å². The molecule has 1 heterocycles. The number of nitrogens with one attached hydrogen (secondary N) is 2. The molecule has 2 rings (SSSR count). The van der Waals surface area contributed by atoms with Crippen LogP contribution in [0, 0.1) is 5.82 Å². The number of halogens is 1. The van der Waals surface area contributed by atoms with Crippen molar-refractivity contribution in [1.29, 1.82) is 0 Å². The molecule has 4 nitrogen and oxygen atoms in total. The minimum absolute atomic E-state index is 0.0338. The number of hydrogen-bond acceptors (Lipinski definition) is 3. The van der Waals surface area contributed by atoms with E-state index in [1.807, 2.05) is 6.92 Å². The lowest BCUT2D eigenvalue weighted by Gasteiger charge is -2.13. The first-order valence-corrected chi connectivity index (χ1v) is 5.70. The molecule has 1 atom stereocenters. The van der Waals surface area contributed by atoms with Crippen LogP contribution in [0.4, 0.5) is 10.2 Å². The first kappa shape index (κ1) is 12.3. The van der Waals surface area contributed by atoms with Crippen LogP contribution < -0.4 is 10.9 Å². The molecule has 0 aliphatic rings. The van der Waals surface area contributed by atoms with E-state index in [2.05, 4.69) is 15.3 Å². The monoisotopic (exact) mass is 247 g/mol. The number of anilines is 1. The Morgan fingerprint density at radius 1 is 1.39 bits per heavy atom. The van der Waals surface area contributed by atoms with Gasteiger partial charge >= 0.3 is 0 Å². The van der Waals surface area contributed by atoms with Gasteiger partial charge in [-0.2, -0.15) is 0 Å². The van der Waals surface area contributed by atoms with Gasteiger partial charge in [-0.1, -0.05) is 12.1 Å². The SMILES string of the molecule is CC(Cc1ccc(F)cc1)Nc1ncc[nH]c1=O. The van der Waals surface area contributed by atoms with Crippen molar-refractivity contribution in [3.8, 4) is 0 Å². The number of nitrogens with zero attached hydrogens (tertiary/aromatic N) is 1. The lowest BCUT2D eigenvalue weighted by molar-refractivity contribution is 0.626. The molecule has 5 heteroatoms. The Morgan fingerprint density at radius 2 is 2.11 bits per heavy atom. The molecule has 0 bridgehead atoms. The second kappa shape index (κ2) is 5.44. The zero-order chi connectivity index (χ0) is 13.0. The lowest BCUT2D eigenvalue weighted by atomic mass is 10.1. The van der Waals surface area contributed by atoms with Gasteiger partial charge in [0, 0.05) is 18.4 Å². The van der Waals surface area contributed by atoms with Gasteiger partial charge in [-0.25, -0.2) is 9.37 Å². The van der Waals surface area contributed by atoms with Crippen molar-refractivity contribution in [2.24, 2.45) is 0 Å². The molecule has 0 saturated carbocycles. The highest BCUT2D eigenvalue weighted by atomic mass is 19.1. The largest absolute Gasteiger partial charge is 0.363 e. The maximum atomic E-state index is 12.8. The van der Waals surface area contributed by atoms with E-state index in [0.717, 1.165) is 5.56 Å². The molecule has 94 valence electrons. The molecule has 18 heavy (non-hydrogen) atoms. The summed E-state index contributed by atoms with van der Waals surface area (Å²) in [6.07, 6.45) is 3.70. The Morgan fingerprint density at radius 3 is 2.78 bits per heavy atom. The van der Waals surface area contributed by atoms with E-state index in [0.29, 0.717) is 12.2 Å². The summed E-state index contributed by atoms with van der Waals surface area (Å²) in [6, 6.07) is 6.35. The summed E-state index contributed by atoms with van der Waals surface area (Å²) in [6.45, 7) is 1.94. The minimum Gasteiger partial charge on any atom is -0.363 e. The van der Waals surface area contributed by atoms with Crippen LogP contribution in [0.5, 0.6) is 0 Å². The fourth-order valence-electron chi connectivity index (χ4n) is 1.71. The average Bonchev–Trinajstić information content (AvgIpc) is 2.35. The number of H-pyrrole nitrogens is 1. The maximum absolute atomic E-state index is 12.8. The van der Waals surface area contributed by atoms with Crippen LogP contribution in [0.2, 0.25) is 0 Å². The Kier molecular flexibility index (Phi) is 3.72. The third-order valence-corrected chi connectivity index (χ3v) is 2.55. The van der Waals surface area contributed by atoms with E-state index >= 15 is 0 Å². The van der Waals surface area contributed by atoms with E-state index in [4.69, 9.17) is 0 Å². The third-order valence-electron chi connectivity index (χ3n) is 2.55. The zero-order valence-corrected chi connectivity index (χ0v) is 9.98. The van der Waals surface area contributed by atoms with Crippen LogP contribution in [0.15, 0.2) is 41.5 Å². The molecule has 1 aromatic carbocycles. The Labute approximate surface area is 104 Å². The van der Waals surface area contributed by atoms with Crippen molar-refractivity contribution in [2.45, 2.75) is 19.4 Å². The van der Waals surface area contributed by atoms with Crippen molar-refractivity contribution < 1.29 is 4.39 Å². The molecule has 0 aliphatic heterocycles. The Balaban J connectivity index is 2.01. The number of rotatable bonds is 4. The number of benzene rings is 1. The van der Waals surface area contributed by atoms with Crippen LogP contribution in [0.25, 0.3) is 0 Å². The number of aromatic amines is 1. The molecule has 0 fully saturated rings. The van der Waals surface area contributed by atoms with Gasteiger partial charge in [0.1, 0.15) is 5.82 Å². The van der Waals surface area contributed by atoms with Crippen LogP contribution in [-0.2, 0) is 6.42 Å². The Hall–Kier alpha value is -2.17. The van der Waals surface area contributed by atoms with E-state index < -0.39 is 0 Å². The normalized spacial score (nSPS) is 12.1. The standard InChI is InChI=1S/C13H14FN3O/c1-9(8-10-2-4-11(14)5-3-10)17-12-13(18)16-7-6-15-12/h2-7,9H,8H2,1H3,(H,15,17)(H,16,18). The summed E-state index contributed by atoms with van der Waals surface area (Å²) in [5.74, 6) is 0.0487. The summed E-state index contributed by atoms with van der Waals surface area (Å²) in [7, 11) is 0. The fourth-order valence-corrected chi connectivity index (χ4v) is 1.71. The summed E-state index contributed by atoms with van der Waals surface area (Å²) in [5, 5.41) is 3.02. The predicted molar refractivity (Wildman–Crippen MR) is 68.0 cm³/mol. The highest BCUT2D eigenvalue weighted by Crippen LogP contribution is 2.07. The molecule has 0 amide bonds. The van der Waals surface area contributed by atoms with Gasteiger partial charge in [-0.3, -0.25) is 4.79 Å². The molecule has 0 radical (unpaired) electrons. The van der Waals surface area contributed by atoms with E-state index in [9.17, 15) is 9.18 Å². The van der Waals surface area contributed by atoms with Gasteiger partial charge in [0.15, 0.2) is 5.82 Å². The van der Waals surface area contributed by atoms with E-state index in [-0.39, 0.29) is 17.4 Å². The van der Waals surface area contributed by atoms with Crippen LogP contribution in [0.1, 0.15) is 12.5 Å². The zero-order valence-electron chi connectivity index (χ0n) is 9.98. The number of hydrogen-bond donors (Lipinski definition) is 2. The molecule has 2 N–H and O–H groups in total. The van der Waals surface area contributed by atoms with Gasteiger partial charge in [0.2, 0.25) is 0 Å². The second-order valence-electron chi connectivity index (χ2n) is 4.14. The van der Waals surface area contributed by atoms with Crippen molar-refractivity contribution in [3.63, 3.8) is 0 Å². The third kappa shape index (κ3) is 3.16. The van der Waals surface area contributed by atoms with Crippen LogP contribution >= 0.6 is 0 Å². The van der Waals surface area contributed by atoms with Gasteiger partial charge in [-0.15, -0.1) is 0 Å². The smallest absolute Gasteiger partial charge is 0.290 e. The maximum Gasteiger partial charge on any atom is 0.290 e. The van der Waals surface area contributed by atoms with Crippen molar-refractivity contribution >= 4 is 5.82 Å². The summed E-state index contributed by atoms with van der Waals surface area (Å²) in [5.41, 5.74) is 0.757. The highest BCUT2D eigenvalue weighted by molar-refractivity contribution is 5.32. The minimum atomic E-state index is -0.250. The van der Waals surface area contributed by atoms with Gasteiger partial charge in [0.05, 0.1) is 0 Å². The molecule has 1 aromatic heterocycles. The van der Waals surface area contributed by atoms with Gasteiger partial charge < -0.3 is 10.3 Å². The van der Waals surface area contributed by atoms with Crippen molar-refractivity contribution in [2.75, 3.05) is 5.32 Å². The molecule has 0 saturated heterocycles. The first-order valence-electron chi connectivity index (χ1n) is 5.70. The molecular weight excluding hydrogens is 233 g/mol. The highest BCUT2D eigenvalue weighted by Gasteiger charge is 2.06. The van der Waals surface area contributed by atoms with E-state index in [1.165, 1.54) is 24.5 Å². The lowest BCUT2D eigenvalue weighted by Crippen LogP contribution is -2.24. The molecule has 0 aliphatic carbocycles. The summed E-state index contributed by atoms with van der Waals surface area (Å²) < 4.78 is 12.8. The summed E-state index contributed by atoms with van der Waals surface area (Å²) in [4.78, 5) is 17.9. The van der Waals surface area contributed by atoms with Crippen LogP contribution in [-0.4, -0.2) is 16.0 Å². The average molecular weight is 247 g/mol. The molecule has 0 spiro atoms. The molecular formula is C13H14FN3O.